The third kappa shape index (κ3) is 17.9. The second-order valence-electron chi connectivity index (χ2n) is 40.0. The molecule has 5 heteroatoms. The van der Waals surface area contributed by atoms with Gasteiger partial charge in [-0.3, -0.25) is 0 Å². The number of thiophene rings is 3. The molecule has 21 rings (SSSR count). The molecule has 0 saturated carbocycles. The van der Waals surface area contributed by atoms with Gasteiger partial charge in [-0.2, -0.15) is 0 Å². The van der Waals surface area contributed by atoms with Crippen LogP contribution in [0.25, 0.3) is 127 Å². The third-order valence-electron chi connectivity index (χ3n) is 23.6. The SMILES string of the molecule is CC(C)(C)c1ccc2c(c1)Cc1ccccc1-2.CC(C)(C)c1ccc2sc3ccccc3c2c1.CC(C)(C)c1cccc2c1oc1ccccc12.CC(C)(C)c1cccc2c1sc1ccccc12.CC(C)(C)c1cccc2sc3ccccc3c12.[2H]C([2H])([2H])c1c(C(C)(C)C)ccc2oc3ccccc3c12.[2H]C([2H])([2H])c1cc2c(cc1C(C)(C)C)Cc1ccccc1-2. The van der Waals surface area contributed by atoms with Crippen molar-refractivity contribution in [1.82, 2.24) is 0 Å². The molecular formula is C116H120O2S3. The standard InChI is InChI=1S/C18H20.C17H18O.C17H18.C16H16O.3C16H16S/c1-12-9-16-14(11-17(12)18(2,3)4)10-13-7-5-6-8-15(13)16;1-11-13(17(2,3)4)9-10-15-16(11)12-7-5-6-8-14(12)18-15;1-17(2,3)14-8-9-16-13(11-14)10-12-6-4-5-7-15(12)16;2*1-16(2,3)13-9-6-8-12-11-7-4-5-10-14(11)17-15(12)13;1-16(2,3)12-8-6-10-14-15(12)11-7-4-5-9-13(11)17-14;1-16(2,3)11-8-9-15-13(10-11)12-6-4-5-7-14(12)17-15/h5-9,11H,10H2,1-4H3;5-10H,1-4H3;4-9,11H,10H2,1-3H3;4*4-10H,1-3H3/i2*1D3;;;;;. The molecule has 0 fully saturated rings. The molecular weight excluding hydrogens is 1520 g/mol. The number of hydrogen-bond acceptors (Lipinski definition) is 5. The highest BCUT2D eigenvalue weighted by atomic mass is 32.1. The van der Waals surface area contributed by atoms with Gasteiger partial charge in [0, 0.05) is 95.8 Å². The molecule has 0 aliphatic heterocycles. The normalized spacial score (nSPS) is 13.6. The van der Waals surface area contributed by atoms with E-state index in [2.05, 4.69) is 343 Å². The van der Waals surface area contributed by atoms with Gasteiger partial charge in [-0.05, 0) is 208 Å². The van der Waals surface area contributed by atoms with E-state index in [1.165, 1.54) is 138 Å². The number of furan rings is 2. The molecule has 2 nitrogen and oxygen atoms in total. The van der Waals surface area contributed by atoms with Crippen LogP contribution in [0.3, 0.4) is 0 Å². The number of fused-ring (bicyclic) bond motifs is 21. The molecule has 5 heterocycles. The maximum atomic E-state index is 7.98. The van der Waals surface area contributed by atoms with Gasteiger partial charge in [-0.25, -0.2) is 0 Å². The lowest BCUT2D eigenvalue weighted by Gasteiger charge is -2.23. The molecule has 5 aromatic heterocycles. The zero-order valence-corrected chi connectivity index (χ0v) is 77.0. The highest BCUT2D eigenvalue weighted by Gasteiger charge is 2.28. The fourth-order valence-electron chi connectivity index (χ4n) is 17.1. The Balaban J connectivity index is 0.000000114. The molecule has 121 heavy (non-hydrogen) atoms. The predicted octanol–water partition coefficient (Wildman–Crippen LogP) is 35.6. The Bertz CT molecular complexity index is 7130. The summed E-state index contributed by atoms with van der Waals surface area (Å²) in [5, 5.41) is 12.4. The number of benzene rings is 14. The van der Waals surface area contributed by atoms with Gasteiger partial charge < -0.3 is 8.83 Å². The minimum Gasteiger partial charge on any atom is -0.456 e. The summed E-state index contributed by atoms with van der Waals surface area (Å²) in [4.78, 5) is 0. The first-order valence-electron chi connectivity index (χ1n) is 45.8. The van der Waals surface area contributed by atoms with Crippen LogP contribution in [0.1, 0.15) is 226 Å². The molecule has 0 saturated heterocycles. The minimum atomic E-state index is -2.17. The average Bonchev–Trinajstić information content (AvgIpc) is 1.54. The van der Waals surface area contributed by atoms with Gasteiger partial charge in [-0.15, -0.1) is 34.0 Å². The summed E-state index contributed by atoms with van der Waals surface area (Å²) < 4.78 is 67.8. The van der Waals surface area contributed by atoms with E-state index in [9.17, 15) is 0 Å². The maximum absolute atomic E-state index is 7.98. The Kier molecular flexibility index (Phi) is 21.4. The van der Waals surface area contributed by atoms with Gasteiger partial charge >= 0.3 is 0 Å². The van der Waals surface area contributed by atoms with E-state index in [1.54, 1.807) is 0 Å². The first-order chi connectivity index (χ1) is 59.7. The van der Waals surface area contributed by atoms with Crippen molar-refractivity contribution in [3.8, 4) is 22.3 Å². The van der Waals surface area contributed by atoms with Crippen molar-refractivity contribution in [3.05, 3.63) is 357 Å². The molecule has 14 aromatic carbocycles. The largest absolute Gasteiger partial charge is 0.456 e. The van der Waals surface area contributed by atoms with Gasteiger partial charge in [0.1, 0.15) is 22.3 Å². The van der Waals surface area contributed by atoms with Crippen LogP contribution in [0.5, 0.6) is 0 Å². The van der Waals surface area contributed by atoms with Crippen LogP contribution in [0.2, 0.25) is 0 Å². The quantitative estimate of drug-likeness (QED) is 0.151. The van der Waals surface area contributed by atoms with Crippen molar-refractivity contribution in [2.24, 2.45) is 0 Å². The van der Waals surface area contributed by atoms with E-state index < -0.39 is 13.7 Å². The molecule has 0 atom stereocenters. The second kappa shape index (κ2) is 33.3. The number of aryl methyl sites for hydroxylation is 2. The van der Waals surface area contributed by atoms with Crippen molar-refractivity contribution < 1.29 is 17.1 Å². The van der Waals surface area contributed by atoms with Crippen LogP contribution < -0.4 is 0 Å². The van der Waals surface area contributed by atoms with Gasteiger partial charge in [0.25, 0.3) is 0 Å². The smallest absolute Gasteiger partial charge is 0.139 e. The van der Waals surface area contributed by atoms with E-state index in [4.69, 9.17) is 17.1 Å². The van der Waals surface area contributed by atoms with E-state index in [0.29, 0.717) is 16.7 Å². The zero-order valence-electron chi connectivity index (χ0n) is 80.6. The predicted molar refractivity (Wildman–Crippen MR) is 535 cm³/mol. The van der Waals surface area contributed by atoms with Crippen LogP contribution in [0.15, 0.2) is 294 Å². The first kappa shape index (κ1) is 77.6. The summed E-state index contributed by atoms with van der Waals surface area (Å²) in [7, 11) is 0. The summed E-state index contributed by atoms with van der Waals surface area (Å²) in [6.07, 6.45) is 1.99. The summed E-state index contributed by atoms with van der Waals surface area (Å²) in [5.74, 6) is 0. The molecule has 19 aromatic rings. The summed E-state index contributed by atoms with van der Waals surface area (Å²) in [6, 6.07) is 100. The maximum Gasteiger partial charge on any atom is 0.139 e. The number of para-hydroxylation sites is 3. The molecule has 0 N–H and O–H groups in total. The zero-order chi connectivity index (χ0) is 91.0. The van der Waals surface area contributed by atoms with E-state index in [0.717, 1.165) is 57.1 Å². The van der Waals surface area contributed by atoms with Gasteiger partial charge in [0.05, 0.1) is 0 Å². The van der Waals surface area contributed by atoms with Crippen LogP contribution in [-0.4, -0.2) is 0 Å². The molecule has 2 aliphatic carbocycles. The molecule has 0 amide bonds. The van der Waals surface area contributed by atoms with Gasteiger partial charge in [-0.1, -0.05) is 376 Å². The van der Waals surface area contributed by atoms with Crippen LogP contribution >= 0.6 is 34.0 Å². The Morgan fingerprint density at radius 1 is 0.248 bits per heavy atom. The Morgan fingerprint density at radius 3 is 1.29 bits per heavy atom. The molecule has 0 spiro atoms. The minimum absolute atomic E-state index is 0.105. The lowest BCUT2D eigenvalue weighted by atomic mass is 9.82. The Morgan fingerprint density at radius 2 is 0.686 bits per heavy atom. The lowest BCUT2D eigenvalue weighted by molar-refractivity contribution is 0.573. The van der Waals surface area contributed by atoms with Crippen molar-refractivity contribution in [1.29, 1.82) is 0 Å². The molecule has 2 aliphatic rings. The summed E-state index contributed by atoms with van der Waals surface area (Å²) >= 11 is 5.69. The van der Waals surface area contributed by atoms with Gasteiger partial charge in [0.15, 0.2) is 0 Å². The van der Waals surface area contributed by atoms with E-state index in [-0.39, 0.29) is 37.9 Å². The Labute approximate surface area is 739 Å². The van der Waals surface area contributed by atoms with E-state index >= 15 is 0 Å². The summed E-state index contributed by atoms with van der Waals surface area (Å²) in [6.45, 7) is 42.1. The Hall–Kier alpha value is -10.7. The van der Waals surface area contributed by atoms with Crippen LogP contribution in [0.4, 0.5) is 0 Å². The summed E-state index contributed by atoms with van der Waals surface area (Å²) in [5.41, 5.74) is 24.2. The lowest BCUT2D eigenvalue weighted by Crippen LogP contribution is -2.13. The van der Waals surface area contributed by atoms with Crippen molar-refractivity contribution in [2.45, 2.75) is 210 Å². The van der Waals surface area contributed by atoms with E-state index in [1.807, 2.05) is 122 Å². The highest BCUT2D eigenvalue weighted by molar-refractivity contribution is 7.26. The highest BCUT2D eigenvalue weighted by Crippen LogP contribution is 2.46. The van der Waals surface area contributed by atoms with Crippen molar-refractivity contribution in [2.75, 3.05) is 0 Å². The fraction of sp³-hybridized carbons (Fsp3) is 0.276. The fourth-order valence-corrected chi connectivity index (χ4v) is 20.8. The second-order valence-corrected chi connectivity index (χ2v) is 43.2. The molecule has 0 unspecified atom stereocenters. The van der Waals surface area contributed by atoms with Crippen molar-refractivity contribution in [3.63, 3.8) is 0 Å². The van der Waals surface area contributed by atoms with Crippen LogP contribution in [0, 0.1) is 13.7 Å². The topological polar surface area (TPSA) is 26.3 Å². The van der Waals surface area contributed by atoms with Crippen LogP contribution in [-0.2, 0) is 50.7 Å². The molecule has 0 radical (unpaired) electrons. The first-order valence-corrected chi connectivity index (χ1v) is 45.2. The number of rotatable bonds is 0. The molecule has 0 bridgehead atoms. The third-order valence-corrected chi connectivity index (χ3v) is 27.1. The van der Waals surface area contributed by atoms with Gasteiger partial charge in [0.2, 0.25) is 0 Å². The van der Waals surface area contributed by atoms with Crippen molar-refractivity contribution >= 4 is 138 Å². The molecule has 614 valence electrons. The monoisotopic (exact) mass is 1650 g/mol. The number of hydrogen-bond donors (Lipinski definition) is 0. The average molecular weight is 1650 g/mol.